The molecule has 1 N–H and O–H groups in total. The van der Waals surface area contributed by atoms with E-state index in [1.165, 1.54) is 25.3 Å². The Labute approximate surface area is 201 Å². The summed E-state index contributed by atoms with van der Waals surface area (Å²) in [6.07, 6.45) is 3.30. The lowest BCUT2D eigenvalue weighted by Gasteiger charge is -2.31. The van der Waals surface area contributed by atoms with Gasteiger partial charge in [0.25, 0.3) is 12.0 Å². The Balaban J connectivity index is 1.50. The number of aromatic nitrogens is 4. The monoisotopic (exact) mass is 488 g/mol. The van der Waals surface area contributed by atoms with Crippen molar-refractivity contribution in [2.24, 2.45) is 0 Å². The molecule has 0 bridgehead atoms. The number of benzene rings is 1. The van der Waals surface area contributed by atoms with E-state index in [2.05, 4.69) is 15.1 Å². The quantitative estimate of drug-likeness (QED) is 0.564. The fraction of sp³-hybridized carbons (Fsp3) is 0.458. The summed E-state index contributed by atoms with van der Waals surface area (Å²) in [6, 6.07) is 6.66. The fourth-order valence-corrected chi connectivity index (χ4v) is 5.21. The molecule has 5 rings (SSSR count). The van der Waals surface area contributed by atoms with E-state index in [4.69, 9.17) is 16.7 Å². The van der Waals surface area contributed by atoms with E-state index >= 15 is 0 Å². The Morgan fingerprint density at radius 2 is 1.88 bits per heavy atom. The highest BCUT2D eigenvalue weighted by Gasteiger charge is 2.28. The van der Waals surface area contributed by atoms with Gasteiger partial charge < -0.3 is 4.90 Å². The van der Waals surface area contributed by atoms with Gasteiger partial charge in [-0.25, -0.2) is 13.9 Å². The fourth-order valence-electron chi connectivity index (χ4n) is 5.00. The first-order valence-corrected chi connectivity index (χ1v) is 12.0. The first-order chi connectivity index (χ1) is 16.5. The van der Waals surface area contributed by atoms with Crippen LogP contribution >= 0.6 is 11.6 Å². The summed E-state index contributed by atoms with van der Waals surface area (Å²) < 4.78 is 29.1. The first kappa shape index (κ1) is 23.0. The van der Waals surface area contributed by atoms with E-state index in [9.17, 15) is 13.6 Å². The molecule has 2 aliphatic rings. The maximum absolute atomic E-state index is 13.6. The average Bonchev–Trinajstić information content (AvgIpc) is 3.18. The molecule has 0 amide bonds. The molecule has 1 fully saturated rings. The lowest BCUT2D eigenvalue weighted by Crippen LogP contribution is -2.34. The highest BCUT2D eigenvalue weighted by atomic mass is 35.5. The molecule has 7 nitrogen and oxygen atoms in total. The second-order valence-electron chi connectivity index (χ2n) is 8.94. The van der Waals surface area contributed by atoms with E-state index in [1.807, 2.05) is 9.58 Å². The number of aromatic amines is 1. The minimum Gasteiger partial charge on any atom is -0.364 e. The third-order valence-electron chi connectivity index (χ3n) is 6.77. The van der Waals surface area contributed by atoms with Crippen LogP contribution in [0.1, 0.15) is 53.8 Å². The highest BCUT2D eigenvalue weighted by Crippen LogP contribution is 2.31. The standard InChI is InChI=1S/C24H27ClF2N6O/c25-22-21(12-28-29-24(22)34)32-11-8-20-18(14-32)19(15-31-9-4-1-5-10-31)30-33(20)13-16-6-2-3-7-17(16)23(26)27/h2-3,6-7,12,23H,1,4-5,8-11,13-15H2,(H,29,34). The predicted octanol–water partition coefficient (Wildman–Crippen LogP) is 4.15. The first-order valence-electron chi connectivity index (χ1n) is 11.6. The van der Waals surface area contributed by atoms with Crippen LogP contribution in [-0.2, 0) is 26.1 Å². The number of fused-ring (bicyclic) bond motifs is 1. The van der Waals surface area contributed by atoms with Crippen molar-refractivity contribution in [3.63, 3.8) is 0 Å². The summed E-state index contributed by atoms with van der Waals surface area (Å²) in [5, 5.41) is 11.3. The van der Waals surface area contributed by atoms with Gasteiger partial charge in [-0.15, -0.1) is 0 Å². The number of hydrogen-bond acceptors (Lipinski definition) is 5. The van der Waals surface area contributed by atoms with E-state index in [0.29, 0.717) is 37.3 Å². The summed E-state index contributed by atoms with van der Waals surface area (Å²) in [5.41, 5.74) is 3.90. The number of H-pyrrole nitrogens is 1. The molecule has 3 aromatic rings. The van der Waals surface area contributed by atoms with Crippen molar-refractivity contribution in [3.8, 4) is 0 Å². The number of halogens is 3. The van der Waals surface area contributed by atoms with Crippen molar-refractivity contribution >= 4 is 17.3 Å². The largest absolute Gasteiger partial charge is 0.364 e. The van der Waals surface area contributed by atoms with Crippen LogP contribution in [0.2, 0.25) is 5.02 Å². The van der Waals surface area contributed by atoms with Gasteiger partial charge in [-0.1, -0.05) is 42.3 Å². The molecular formula is C24H27ClF2N6O. The van der Waals surface area contributed by atoms with Gasteiger partial charge in [0, 0.05) is 42.9 Å². The Morgan fingerprint density at radius 1 is 1.09 bits per heavy atom. The Hall–Kier alpha value is -2.78. The van der Waals surface area contributed by atoms with Crippen LogP contribution < -0.4 is 10.5 Å². The summed E-state index contributed by atoms with van der Waals surface area (Å²) in [4.78, 5) is 16.4. The number of rotatable bonds is 6. The van der Waals surface area contributed by atoms with Gasteiger partial charge in [0.15, 0.2) is 0 Å². The molecule has 0 atom stereocenters. The number of piperidine rings is 1. The van der Waals surface area contributed by atoms with Gasteiger partial charge in [0.2, 0.25) is 0 Å². The average molecular weight is 489 g/mol. The van der Waals surface area contributed by atoms with Gasteiger partial charge in [-0.2, -0.15) is 10.2 Å². The summed E-state index contributed by atoms with van der Waals surface area (Å²) in [5.74, 6) is 0. The van der Waals surface area contributed by atoms with Crippen LogP contribution in [0.15, 0.2) is 35.3 Å². The van der Waals surface area contributed by atoms with Crippen LogP contribution in [0.4, 0.5) is 14.5 Å². The van der Waals surface area contributed by atoms with Crippen LogP contribution in [0, 0.1) is 0 Å². The zero-order valence-electron chi connectivity index (χ0n) is 18.8. The number of hydrogen-bond donors (Lipinski definition) is 1. The highest BCUT2D eigenvalue weighted by molar-refractivity contribution is 6.33. The zero-order chi connectivity index (χ0) is 23.7. The smallest absolute Gasteiger partial charge is 0.285 e. The summed E-state index contributed by atoms with van der Waals surface area (Å²) in [7, 11) is 0. The van der Waals surface area contributed by atoms with Gasteiger partial charge in [0.05, 0.1) is 24.1 Å². The molecule has 4 heterocycles. The number of likely N-dealkylation sites (tertiary alicyclic amines) is 1. The van der Waals surface area contributed by atoms with Crippen molar-refractivity contribution in [1.82, 2.24) is 24.9 Å². The van der Waals surface area contributed by atoms with Crippen molar-refractivity contribution in [3.05, 3.63) is 73.9 Å². The molecule has 34 heavy (non-hydrogen) atoms. The Bertz CT molecular complexity index is 1220. The minimum absolute atomic E-state index is 0.0446. The second kappa shape index (κ2) is 9.84. The van der Waals surface area contributed by atoms with Crippen LogP contribution in [0.5, 0.6) is 0 Å². The predicted molar refractivity (Wildman–Crippen MR) is 126 cm³/mol. The normalized spacial score (nSPS) is 16.8. The summed E-state index contributed by atoms with van der Waals surface area (Å²) in [6.45, 7) is 4.26. The molecule has 0 radical (unpaired) electrons. The van der Waals surface area contributed by atoms with E-state index in [-0.39, 0.29) is 10.6 Å². The molecule has 1 saturated heterocycles. The topological polar surface area (TPSA) is 70.1 Å². The van der Waals surface area contributed by atoms with Crippen LogP contribution in [0.25, 0.3) is 0 Å². The van der Waals surface area contributed by atoms with Crippen molar-refractivity contribution in [1.29, 1.82) is 0 Å². The zero-order valence-corrected chi connectivity index (χ0v) is 19.6. The summed E-state index contributed by atoms with van der Waals surface area (Å²) >= 11 is 6.28. The molecule has 2 aromatic heterocycles. The van der Waals surface area contributed by atoms with Gasteiger partial charge >= 0.3 is 0 Å². The molecule has 2 aliphatic heterocycles. The third-order valence-corrected chi connectivity index (χ3v) is 7.13. The van der Waals surface area contributed by atoms with Crippen LogP contribution in [0.3, 0.4) is 0 Å². The Kier molecular flexibility index (Phi) is 6.65. The van der Waals surface area contributed by atoms with Gasteiger partial charge in [-0.3, -0.25) is 14.4 Å². The van der Waals surface area contributed by atoms with Gasteiger partial charge in [0.1, 0.15) is 5.02 Å². The van der Waals surface area contributed by atoms with Gasteiger partial charge in [-0.05, 0) is 31.5 Å². The number of nitrogens with zero attached hydrogens (tertiary/aromatic N) is 5. The minimum atomic E-state index is -2.53. The molecule has 0 aliphatic carbocycles. The molecule has 10 heteroatoms. The molecule has 0 spiro atoms. The molecule has 1 aromatic carbocycles. The third kappa shape index (κ3) is 4.59. The molecule has 180 valence electrons. The number of nitrogens with one attached hydrogen (secondary N) is 1. The molecule has 0 saturated carbocycles. The van der Waals surface area contributed by atoms with E-state index in [0.717, 1.165) is 36.6 Å². The number of anilines is 1. The van der Waals surface area contributed by atoms with Crippen molar-refractivity contribution < 1.29 is 8.78 Å². The van der Waals surface area contributed by atoms with Crippen molar-refractivity contribution in [2.45, 2.75) is 51.7 Å². The van der Waals surface area contributed by atoms with E-state index < -0.39 is 12.0 Å². The maximum Gasteiger partial charge on any atom is 0.285 e. The second-order valence-corrected chi connectivity index (χ2v) is 9.31. The lowest BCUT2D eigenvalue weighted by molar-refractivity contribution is 0.150. The molecular weight excluding hydrogens is 462 g/mol. The van der Waals surface area contributed by atoms with Crippen LogP contribution in [-0.4, -0.2) is 44.5 Å². The SMILES string of the molecule is O=c1[nH]ncc(N2CCc3c(c(CN4CCCCC4)nn3Cc3ccccc3C(F)F)C2)c1Cl. The Morgan fingerprint density at radius 3 is 2.68 bits per heavy atom. The number of alkyl halides is 2. The maximum atomic E-state index is 13.6. The molecule has 0 unspecified atom stereocenters. The van der Waals surface area contributed by atoms with E-state index in [1.54, 1.807) is 24.4 Å². The lowest BCUT2D eigenvalue weighted by atomic mass is 10.0. The van der Waals surface area contributed by atoms with Crippen molar-refractivity contribution in [2.75, 3.05) is 24.5 Å².